The van der Waals surface area contributed by atoms with Gasteiger partial charge >= 0.3 is 12.1 Å². The third kappa shape index (κ3) is 7.59. The lowest BCUT2D eigenvalue weighted by Gasteiger charge is -2.30. The van der Waals surface area contributed by atoms with Gasteiger partial charge in [-0.15, -0.1) is 0 Å². The molecule has 34 heavy (non-hydrogen) atoms. The summed E-state index contributed by atoms with van der Waals surface area (Å²) in [7, 11) is 0. The summed E-state index contributed by atoms with van der Waals surface area (Å²) in [5, 5.41) is 2.69. The summed E-state index contributed by atoms with van der Waals surface area (Å²) < 4.78 is 11.2. The molecule has 0 radical (unpaired) electrons. The normalized spacial score (nSPS) is 20.4. The van der Waals surface area contributed by atoms with Crippen molar-refractivity contribution in [3.63, 3.8) is 0 Å². The maximum atomic E-state index is 13.2. The number of hydrogen-bond donors (Lipinski definition) is 1. The Morgan fingerprint density at radius 2 is 1.65 bits per heavy atom. The number of alkyl carbamates (subject to hydrolysis) is 1. The molecule has 1 aliphatic heterocycles. The zero-order valence-corrected chi connectivity index (χ0v) is 21.0. The van der Waals surface area contributed by atoms with Crippen LogP contribution in [0.5, 0.6) is 0 Å². The van der Waals surface area contributed by atoms with Gasteiger partial charge in [-0.25, -0.2) is 9.59 Å². The Bertz CT molecular complexity index is 926. The first-order valence-corrected chi connectivity index (χ1v) is 12.2. The average molecular weight is 467 g/mol. The molecular weight excluding hydrogens is 428 g/mol. The van der Waals surface area contributed by atoms with E-state index in [0.29, 0.717) is 17.6 Å². The number of nitrogens with one attached hydrogen (secondary N) is 1. The number of likely N-dealkylation sites (tertiary alicyclic amines) is 1. The minimum atomic E-state index is -0.929. The van der Waals surface area contributed by atoms with E-state index >= 15 is 0 Å². The first kappa shape index (κ1) is 25.8. The number of esters is 1. The zero-order chi connectivity index (χ0) is 24.7. The SMILES string of the molecule is CC(CC1CCC(C)N1Cc1ccccc1)OC(=O)C(NC(=O)OC(C)(C)C)c1ccccc1. The molecule has 6 heteroatoms. The quantitative estimate of drug-likeness (QED) is 0.511. The molecule has 1 N–H and O–H groups in total. The summed E-state index contributed by atoms with van der Waals surface area (Å²) >= 11 is 0. The molecule has 1 heterocycles. The number of carbonyl (C=O) groups excluding carboxylic acids is 2. The standard InChI is InChI=1S/C28H38N2O4/c1-20-16-17-24(30(20)19-22-12-8-6-9-13-22)18-21(2)33-26(31)25(23-14-10-7-11-15-23)29-27(32)34-28(3,4)5/h6-15,20-21,24-25H,16-19H2,1-5H3,(H,29,32). The molecule has 0 saturated carbocycles. The maximum absolute atomic E-state index is 13.2. The lowest BCUT2D eigenvalue weighted by atomic mass is 10.1. The highest BCUT2D eigenvalue weighted by Crippen LogP contribution is 2.30. The van der Waals surface area contributed by atoms with Crippen molar-refractivity contribution in [2.24, 2.45) is 0 Å². The van der Waals surface area contributed by atoms with Crippen LogP contribution in [0.15, 0.2) is 60.7 Å². The van der Waals surface area contributed by atoms with Gasteiger partial charge in [-0.1, -0.05) is 60.7 Å². The van der Waals surface area contributed by atoms with Crippen LogP contribution in [0.2, 0.25) is 0 Å². The fraction of sp³-hybridized carbons (Fsp3) is 0.500. The van der Waals surface area contributed by atoms with Gasteiger partial charge in [-0.3, -0.25) is 4.90 Å². The highest BCUT2D eigenvalue weighted by Gasteiger charge is 2.33. The van der Waals surface area contributed by atoms with Crippen molar-refractivity contribution in [2.45, 2.75) is 90.3 Å². The van der Waals surface area contributed by atoms with Gasteiger partial charge in [0.2, 0.25) is 0 Å². The molecule has 4 atom stereocenters. The Balaban J connectivity index is 1.64. The van der Waals surface area contributed by atoms with Crippen molar-refractivity contribution in [2.75, 3.05) is 0 Å². The first-order chi connectivity index (χ1) is 16.1. The van der Waals surface area contributed by atoms with E-state index in [4.69, 9.17) is 9.47 Å². The highest BCUT2D eigenvalue weighted by molar-refractivity contribution is 5.83. The van der Waals surface area contributed by atoms with Crippen LogP contribution in [0.25, 0.3) is 0 Å². The summed E-state index contributed by atoms with van der Waals surface area (Å²) in [6.45, 7) is 10.4. The molecule has 184 valence electrons. The summed E-state index contributed by atoms with van der Waals surface area (Å²) in [5.41, 5.74) is 1.28. The van der Waals surface area contributed by atoms with Crippen LogP contribution in [-0.2, 0) is 20.8 Å². The van der Waals surface area contributed by atoms with Gasteiger partial charge < -0.3 is 14.8 Å². The Hall–Kier alpha value is -2.86. The van der Waals surface area contributed by atoms with Gasteiger partial charge in [-0.05, 0) is 65.0 Å². The largest absolute Gasteiger partial charge is 0.461 e. The molecule has 1 saturated heterocycles. The van der Waals surface area contributed by atoms with E-state index in [1.807, 2.05) is 31.2 Å². The number of ether oxygens (including phenoxy) is 2. The fourth-order valence-corrected chi connectivity index (χ4v) is 4.50. The molecule has 0 bridgehead atoms. The van der Waals surface area contributed by atoms with Gasteiger partial charge in [0.05, 0.1) is 0 Å². The Morgan fingerprint density at radius 3 is 2.26 bits per heavy atom. The third-order valence-electron chi connectivity index (χ3n) is 6.11. The fourth-order valence-electron chi connectivity index (χ4n) is 4.50. The van der Waals surface area contributed by atoms with Crippen molar-refractivity contribution >= 4 is 12.1 Å². The maximum Gasteiger partial charge on any atom is 0.408 e. The lowest BCUT2D eigenvalue weighted by molar-refractivity contribution is -0.151. The molecule has 1 aliphatic rings. The van der Waals surface area contributed by atoms with E-state index in [-0.39, 0.29) is 6.10 Å². The summed E-state index contributed by atoms with van der Waals surface area (Å²) in [4.78, 5) is 28.1. The van der Waals surface area contributed by atoms with Gasteiger partial charge in [0.15, 0.2) is 6.04 Å². The van der Waals surface area contributed by atoms with Crippen LogP contribution in [0.3, 0.4) is 0 Å². The van der Waals surface area contributed by atoms with E-state index in [1.54, 1.807) is 32.9 Å². The molecule has 3 rings (SSSR count). The van der Waals surface area contributed by atoms with Crippen molar-refractivity contribution in [3.8, 4) is 0 Å². The van der Waals surface area contributed by atoms with Gasteiger partial charge in [-0.2, -0.15) is 0 Å². The van der Waals surface area contributed by atoms with E-state index in [2.05, 4.69) is 41.4 Å². The second kappa shape index (κ2) is 11.5. The Kier molecular flexibility index (Phi) is 8.72. The zero-order valence-electron chi connectivity index (χ0n) is 21.0. The van der Waals surface area contributed by atoms with Crippen molar-refractivity contribution < 1.29 is 19.1 Å². The number of amides is 1. The second-order valence-corrected chi connectivity index (χ2v) is 10.2. The topological polar surface area (TPSA) is 67.9 Å². The van der Waals surface area contributed by atoms with Crippen LogP contribution in [0.4, 0.5) is 4.79 Å². The number of nitrogens with zero attached hydrogens (tertiary/aromatic N) is 1. The molecule has 6 nitrogen and oxygen atoms in total. The van der Waals surface area contributed by atoms with E-state index in [9.17, 15) is 9.59 Å². The number of benzene rings is 2. The molecule has 0 aliphatic carbocycles. The van der Waals surface area contributed by atoms with Gasteiger partial charge in [0, 0.05) is 18.6 Å². The predicted octanol–water partition coefficient (Wildman–Crippen LogP) is 5.63. The minimum absolute atomic E-state index is 0.285. The second-order valence-electron chi connectivity index (χ2n) is 10.2. The van der Waals surface area contributed by atoms with Crippen LogP contribution in [0.1, 0.15) is 71.0 Å². The molecule has 1 fully saturated rings. The van der Waals surface area contributed by atoms with Crippen LogP contribution >= 0.6 is 0 Å². The molecule has 2 aromatic rings. The minimum Gasteiger partial charge on any atom is -0.461 e. The number of hydrogen-bond acceptors (Lipinski definition) is 5. The van der Waals surface area contributed by atoms with Crippen molar-refractivity contribution in [1.29, 1.82) is 0 Å². The summed E-state index contributed by atoms with van der Waals surface area (Å²) in [5.74, 6) is -0.481. The molecule has 1 amide bonds. The van der Waals surface area contributed by atoms with E-state index < -0.39 is 23.7 Å². The van der Waals surface area contributed by atoms with Gasteiger partial charge in [0.25, 0.3) is 0 Å². The van der Waals surface area contributed by atoms with Crippen LogP contribution in [-0.4, -0.2) is 40.8 Å². The van der Waals surface area contributed by atoms with Crippen molar-refractivity contribution in [3.05, 3.63) is 71.8 Å². The molecule has 0 aromatic heterocycles. The van der Waals surface area contributed by atoms with Crippen molar-refractivity contribution in [1.82, 2.24) is 10.2 Å². The summed E-state index contributed by atoms with van der Waals surface area (Å²) in [6.07, 6.45) is 2.02. The molecule has 4 unspecified atom stereocenters. The average Bonchev–Trinajstić information content (AvgIpc) is 3.11. The Labute approximate surface area is 203 Å². The van der Waals surface area contributed by atoms with E-state index in [1.165, 1.54) is 5.56 Å². The smallest absolute Gasteiger partial charge is 0.408 e. The van der Waals surface area contributed by atoms with Crippen LogP contribution < -0.4 is 5.32 Å². The van der Waals surface area contributed by atoms with Gasteiger partial charge in [0.1, 0.15) is 11.7 Å². The summed E-state index contributed by atoms with van der Waals surface area (Å²) in [6, 6.07) is 19.5. The highest BCUT2D eigenvalue weighted by atomic mass is 16.6. The molecule has 2 aromatic carbocycles. The number of rotatable bonds is 8. The molecular formula is C28H38N2O4. The number of carbonyl (C=O) groups is 2. The Morgan fingerprint density at radius 1 is 1.03 bits per heavy atom. The third-order valence-corrected chi connectivity index (χ3v) is 6.11. The lowest BCUT2D eigenvalue weighted by Crippen LogP contribution is -2.40. The van der Waals surface area contributed by atoms with Crippen LogP contribution in [0, 0.1) is 0 Å². The monoisotopic (exact) mass is 466 g/mol. The van der Waals surface area contributed by atoms with E-state index in [0.717, 1.165) is 25.8 Å². The predicted molar refractivity (Wildman–Crippen MR) is 133 cm³/mol. The molecule has 0 spiro atoms. The first-order valence-electron chi connectivity index (χ1n) is 12.2.